The average molecular weight is 285 g/mol. The van der Waals surface area contributed by atoms with Crippen LogP contribution in [-0.2, 0) is 17.6 Å². The summed E-state index contributed by atoms with van der Waals surface area (Å²) in [5.74, 6) is 0. The van der Waals surface area contributed by atoms with Gasteiger partial charge in [-0.3, -0.25) is 0 Å². The number of benzene rings is 2. The predicted molar refractivity (Wildman–Crippen MR) is 80.6 cm³/mol. The van der Waals surface area contributed by atoms with Crippen molar-refractivity contribution in [3.8, 4) is 5.69 Å². The zero-order chi connectivity index (χ0) is 14.1. The van der Waals surface area contributed by atoms with Gasteiger partial charge in [-0.25, -0.2) is 4.68 Å². The number of aromatic nitrogens is 3. The van der Waals surface area contributed by atoms with Crippen LogP contribution < -0.4 is 0 Å². The zero-order valence-electron chi connectivity index (χ0n) is 11.4. The van der Waals surface area contributed by atoms with E-state index in [9.17, 15) is 4.55 Å². The summed E-state index contributed by atoms with van der Waals surface area (Å²) in [6.45, 7) is 2.07. The summed E-state index contributed by atoms with van der Waals surface area (Å²) < 4.78 is 13.7. The van der Waals surface area contributed by atoms with Gasteiger partial charge in [0, 0.05) is 11.6 Å². The fourth-order valence-corrected chi connectivity index (χ4v) is 3.16. The summed E-state index contributed by atoms with van der Waals surface area (Å²) in [5, 5.41) is 8.34. The lowest BCUT2D eigenvalue weighted by atomic mass is 10.1. The van der Waals surface area contributed by atoms with Crippen molar-refractivity contribution in [1.82, 2.24) is 15.0 Å². The number of para-hydroxylation sites is 1. The number of rotatable bonds is 3. The summed E-state index contributed by atoms with van der Waals surface area (Å²) in [4.78, 5) is 0.865. The van der Waals surface area contributed by atoms with E-state index in [-0.39, 0.29) is 0 Å². The normalized spacial score (nSPS) is 12.8. The Morgan fingerprint density at radius 3 is 2.75 bits per heavy atom. The lowest BCUT2D eigenvalue weighted by Gasteiger charge is -2.11. The van der Waals surface area contributed by atoms with E-state index in [2.05, 4.69) is 17.2 Å². The molecule has 0 amide bonds. The highest BCUT2D eigenvalue weighted by atomic mass is 32.2. The van der Waals surface area contributed by atoms with Gasteiger partial charge in [0.05, 0.1) is 11.2 Å². The summed E-state index contributed by atoms with van der Waals surface area (Å²) in [6.07, 6.45) is 2.57. The van der Waals surface area contributed by atoms with Crippen molar-refractivity contribution in [3.63, 3.8) is 0 Å². The number of hydrogen-bond donors (Lipinski definition) is 0. The van der Waals surface area contributed by atoms with Gasteiger partial charge in [0.15, 0.2) is 4.90 Å². The minimum Gasteiger partial charge on any atom is -0.612 e. The minimum atomic E-state index is -1.01. The number of nitrogens with zero attached hydrogens (tertiary/aromatic N) is 3. The molecule has 1 unspecified atom stereocenters. The Labute approximate surface area is 120 Å². The van der Waals surface area contributed by atoms with Crippen LogP contribution in [0.1, 0.15) is 12.5 Å². The summed E-state index contributed by atoms with van der Waals surface area (Å²) in [5.41, 5.74) is 3.80. The minimum absolute atomic E-state index is 0.853. The maximum Gasteiger partial charge on any atom is 0.157 e. The topological polar surface area (TPSA) is 53.8 Å². The molecule has 0 N–H and O–H groups in total. The molecule has 0 fully saturated rings. The zero-order valence-corrected chi connectivity index (χ0v) is 12.2. The molecule has 0 spiro atoms. The van der Waals surface area contributed by atoms with Gasteiger partial charge in [-0.2, -0.15) is 0 Å². The molecule has 2 aromatic carbocycles. The van der Waals surface area contributed by atoms with Crippen LogP contribution in [0.5, 0.6) is 0 Å². The first-order chi connectivity index (χ1) is 9.70. The van der Waals surface area contributed by atoms with Gasteiger partial charge in [-0.05, 0) is 35.8 Å². The molecule has 3 aromatic rings. The maximum atomic E-state index is 11.9. The first-order valence-corrected chi connectivity index (χ1v) is 8.03. The van der Waals surface area contributed by atoms with E-state index < -0.39 is 11.2 Å². The first-order valence-electron chi connectivity index (χ1n) is 6.48. The largest absolute Gasteiger partial charge is 0.612 e. The molecule has 0 aliphatic rings. The van der Waals surface area contributed by atoms with Crippen LogP contribution in [0.3, 0.4) is 0 Å². The van der Waals surface area contributed by atoms with Gasteiger partial charge in [0.25, 0.3) is 0 Å². The molecule has 1 heterocycles. The molecule has 1 aromatic heterocycles. The predicted octanol–water partition coefficient (Wildman–Crippen LogP) is 2.72. The van der Waals surface area contributed by atoms with Crippen LogP contribution in [-0.4, -0.2) is 25.8 Å². The summed E-state index contributed by atoms with van der Waals surface area (Å²) >= 11 is -1.01. The molecule has 3 rings (SSSR count). The van der Waals surface area contributed by atoms with Gasteiger partial charge in [-0.1, -0.05) is 30.3 Å². The van der Waals surface area contributed by atoms with Crippen molar-refractivity contribution in [1.29, 1.82) is 0 Å². The van der Waals surface area contributed by atoms with Crippen LogP contribution in [0.2, 0.25) is 0 Å². The fourth-order valence-electron chi connectivity index (χ4n) is 2.29. The molecule has 0 aliphatic heterocycles. The van der Waals surface area contributed by atoms with Crippen LogP contribution in [0.15, 0.2) is 47.4 Å². The molecular formula is C15H15N3OS. The third-order valence-corrected chi connectivity index (χ3v) is 4.34. The Kier molecular flexibility index (Phi) is 3.46. The van der Waals surface area contributed by atoms with E-state index in [1.807, 2.05) is 42.5 Å². The van der Waals surface area contributed by atoms with E-state index in [0.29, 0.717) is 0 Å². The maximum absolute atomic E-state index is 11.9. The van der Waals surface area contributed by atoms with Crippen molar-refractivity contribution in [2.45, 2.75) is 18.2 Å². The molecule has 0 radical (unpaired) electrons. The molecule has 5 heteroatoms. The summed E-state index contributed by atoms with van der Waals surface area (Å²) in [7, 11) is 0. The molecule has 0 saturated carbocycles. The second kappa shape index (κ2) is 5.26. The van der Waals surface area contributed by atoms with Gasteiger partial charge >= 0.3 is 0 Å². The van der Waals surface area contributed by atoms with Crippen molar-refractivity contribution in [2.24, 2.45) is 0 Å². The molecule has 0 bridgehead atoms. The lowest BCUT2D eigenvalue weighted by Crippen LogP contribution is -2.05. The van der Waals surface area contributed by atoms with Crippen LogP contribution in [0.25, 0.3) is 16.7 Å². The SMILES string of the molecule is CCc1ccc(-n2nnc3ccccc32)cc1[S+](C)[O-]. The van der Waals surface area contributed by atoms with Gasteiger partial charge in [0.2, 0.25) is 0 Å². The average Bonchev–Trinajstić information content (AvgIpc) is 2.90. The van der Waals surface area contributed by atoms with Gasteiger partial charge < -0.3 is 4.55 Å². The van der Waals surface area contributed by atoms with Crippen LogP contribution in [0.4, 0.5) is 0 Å². The van der Waals surface area contributed by atoms with E-state index >= 15 is 0 Å². The Morgan fingerprint density at radius 2 is 2.00 bits per heavy atom. The quantitative estimate of drug-likeness (QED) is 0.695. The van der Waals surface area contributed by atoms with Crippen LogP contribution >= 0.6 is 0 Å². The Hall–Kier alpha value is -1.85. The van der Waals surface area contributed by atoms with E-state index in [0.717, 1.165) is 33.6 Å². The monoisotopic (exact) mass is 285 g/mol. The third kappa shape index (κ3) is 2.19. The summed E-state index contributed by atoms with van der Waals surface area (Å²) in [6, 6.07) is 13.8. The van der Waals surface area contributed by atoms with Crippen molar-refractivity contribution < 1.29 is 4.55 Å². The number of fused-ring (bicyclic) bond motifs is 1. The third-order valence-electron chi connectivity index (χ3n) is 3.34. The van der Waals surface area contributed by atoms with Gasteiger partial charge in [-0.15, -0.1) is 5.10 Å². The Morgan fingerprint density at radius 1 is 1.20 bits per heavy atom. The Bertz CT molecular complexity index is 752. The Balaban J connectivity index is 2.17. The lowest BCUT2D eigenvalue weighted by molar-refractivity contribution is 0.599. The van der Waals surface area contributed by atoms with Crippen molar-refractivity contribution >= 4 is 22.2 Å². The second-order valence-corrected chi connectivity index (χ2v) is 5.94. The fraction of sp³-hybridized carbons (Fsp3) is 0.200. The van der Waals surface area contributed by atoms with E-state index in [1.54, 1.807) is 10.9 Å². The first kappa shape index (κ1) is 13.1. The smallest absolute Gasteiger partial charge is 0.157 e. The van der Waals surface area contributed by atoms with Gasteiger partial charge in [0.1, 0.15) is 11.8 Å². The molecule has 20 heavy (non-hydrogen) atoms. The molecule has 0 aliphatic carbocycles. The highest BCUT2D eigenvalue weighted by Crippen LogP contribution is 2.22. The van der Waals surface area contributed by atoms with Crippen molar-refractivity contribution in [2.75, 3.05) is 6.26 Å². The van der Waals surface area contributed by atoms with E-state index in [1.165, 1.54) is 0 Å². The molecule has 102 valence electrons. The standard InChI is InChI=1S/C15H15N3OS/c1-3-11-8-9-12(10-15(11)20(2)19)18-14-7-5-4-6-13(14)16-17-18/h4-10H,3H2,1-2H3. The highest BCUT2D eigenvalue weighted by molar-refractivity contribution is 7.90. The van der Waals surface area contributed by atoms with E-state index in [4.69, 9.17) is 0 Å². The number of aryl methyl sites for hydroxylation is 1. The van der Waals surface area contributed by atoms with Crippen LogP contribution in [0, 0.1) is 0 Å². The number of hydrogen-bond acceptors (Lipinski definition) is 3. The van der Waals surface area contributed by atoms with Crippen molar-refractivity contribution in [3.05, 3.63) is 48.0 Å². The molecule has 4 nitrogen and oxygen atoms in total. The highest BCUT2D eigenvalue weighted by Gasteiger charge is 2.14. The molecule has 0 saturated heterocycles. The molecular weight excluding hydrogens is 270 g/mol. The second-order valence-electron chi connectivity index (χ2n) is 4.59. The molecule has 1 atom stereocenters.